The van der Waals surface area contributed by atoms with Crippen molar-refractivity contribution < 1.29 is 14.6 Å². The first-order chi connectivity index (χ1) is 8.83. The van der Waals surface area contributed by atoms with Crippen LogP contribution in [0.5, 0.6) is 0 Å². The molecule has 1 saturated heterocycles. The summed E-state index contributed by atoms with van der Waals surface area (Å²) in [4.78, 5) is 2.24. The standard InChI is InChI=1S/C14H21NO3/c1-17-11-13(15-7-9-18-10-8-15)14(16)12-5-3-2-4-6-12/h2-6,13-14,16H,7-11H2,1H3/t13-,14-/m0/s1. The summed E-state index contributed by atoms with van der Waals surface area (Å²) in [6, 6.07) is 9.74. The zero-order chi connectivity index (χ0) is 12.8. The number of morpholine rings is 1. The number of methoxy groups -OCH3 is 1. The van der Waals surface area contributed by atoms with Crippen molar-refractivity contribution in [2.24, 2.45) is 0 Å². The Morgan fingerprint density at radius 3 is 2.56 bits per heavy atom. The molecule has 0 bridgehead atoms. The minimum atomic E-state index is -0.524. The van der Waals surface area contributed by atoms with Crippen LogP contribution in [0.2, 0.25) is 0 Å². The van der Waals surface area contributed by atoms with E-state index in [2.05, 4.69) is 4.90 Å². The van der Waals surface area contributed by atoms with Crippen molar-refractivity contribution in [1.82, 2.24) is 4.90 Å². The third-order valence-electron chi connectivity index (χ3n) is 3.36. The van der Waals surface area contributed by atoms with Gasteiger partial charge in [-0.3, -0.25) is 4.90 Å². The minimum Gasteiger partial charge on any atom is -0.387 e. The van der Waals surface area contributed by atoms with Gasteiger partial charge in [-0.25, -0.2) is 0 Å². The maximum absolute atomic E-state index is 10.5. The van der Waals surface area contributed by atoms with Crippen molar-refractivity contribution in [2.45, 2.75) is 12.1 Å². The second kappa shape index (κ2) is 6.85. The lowest BCUT2D eigenvalue weighted by Crippen LogP contribution is -2.48. The molecule has 0 amide bonds. The highest BCUT2D eigenvalue weighted by molar-refractivity contribution is 5.19. The van der Waals surface area contributed by atoms with Gasteiger partial charge in [0.05, 0.1) is 32.0 Å². The van der Waals surface area contributed by atoms with Gasteiger partial charge in [0.15, 0.2) is 0 Å². The summed E-state index contributed by atoms with van der Waals surface area (Å²) in [6.45, 7) is 3.66. The van der Waals surface area contributed by atoms with Gasteiger partial charge in [-0.05, 0) is 5.56 Å². The van der Waals surface area contributed by atoms with Gasteiger partial charge >= 0.3 is 0 Å². The van der Waals surface area contributed by atoms with Crippen molar-refractivity contribution in [1.29, 1.82) is 0 Å². The monoisotopic (exact) mass is 251 g/mol. The molecule has 1 N–H and O–H groups in total. The van der Waals surface area contributed by atoms with Gasteiger partial charge in [-0.2, -0.15) is 0 Å². The molecule has 0 aliphatic carbocycles. The van der Waals surface area contributed by atoms with E-state index in [0.29, 0.717) is 6.61 Å². The fourth-order valence-electron chi connectivity index (χ4n) is 2.35. The number of hydrogen-bond donors (Lipinski definition) is 1. The van der Waals surface area contributed by atoms with Crippen molar-refractivity contribution in [2.75, 3.05) is 40.0 Å². The summed E-state index contributed by atoms with van der Waals surface area (Å²) in [5.41, 5.74) is 0.936. The lowest BCUT2D eigenvalue weighted by Gasteiger charge is -2.36. The summed E-state index contributed by atoms with van der Waals surface area (Å²) in [6.07, 6.45) is -0.524. The Kier molecular flexibility index (Phi) is 5.13. The Hall–Kier alpha value is -0.940. The Labute approximate surface area is 108 Å². The van der Waals surface area contributed by atoms with E-state index in [9.17, 15) is 5.11 Å². The summed E-state index contributed by atoms with van der Waals surface area (Å²) >= 11 is 0. The number of nitrogens with zero attached hydrogens (tertiary/aromatic N) is 1. The molecule has 2 rings (SSSR count). The van der Waals surface area contributed by atoms with Crippen molar-refractivity contribution >= 4 is 0 Å². The van der Waals surface area contributed by atoms with E-state index in [1.165, 1.54) is 0 Å². The van der Waals surface area contributed by atoms with Crippen molar-refractivity contribution in [3.05, 3.63) is 35.9 Å². The topological polar surface area (TPSA) is 41.9 Å². The molecule has 1 aromatic rings. The Bertz CT molecular complexity index is 338. The van der Waals surface area contributed by atoms with Crippen LogP contribution in [-0.2, 0) is 9.47 Å². The molecule has 4 nitrogen and oxygen atoms in total. The molecule has 0 radical (unpaired) electrons. The molecular weight excluding hydrogens is 230 g/mol. The summed E-state index contributed by atoms with van der Waals surface area (Å²) in [5, 5.41) is 10.5. The number of rotatable bonds is 5. The van der Waals surface area contributed by atoms with Gasteiger partial charge in [0, 0.05) is 20.2 Å². The van der Waals surface area contributed by atoms with E-state index in [0.717, 1.165) is 31.9 Å². The molecular formula is C14H21NO3. The first-order valence-electron chi connectivity index (χ1n) is 6.36. The smallest absolute Gasteiger partial charge is 0.0967 e. The molecule has 1 fully saturated rings. The number of hydrogen-bond acceptors (Lipinski definition) is 4. The SMILES string of the molecule is COC[C@@H]([C@@H](O)c1ccccc1)N1CCOCC1. The zero-order valence-electron chi connectivity index (χ0n) is 10.8. The van der Waals surface area contributed by atoms with Gasteiger partial charge in [0.2, 0.25) is 0 Å². The molecule has 1 aliphatic heterocycles. The summed E-state index contributed by atoms with van der Waals surface area (Å²) in [7, 11) is 1.67. The lowest BCUT2D eigenvalue weighted by molar-refractivity contribution is -0.0463. The van der Waals surface area contributed by atoms with Crippen LogP contribution in [0.3, 0.4) is 0 Å². The quantitative estimate of drug-likeness (QED) is 0.850. The largest absolute Gasteiger partial charge is 0.387 e. The number of aliphatic hydroxyl groups excluding tert-OH is 1. The normalized spacial score (nSPS) is 20.6. The maximum Gasteiger partial charge on any atom is 0.0967 e. The molecule has 100 valence electrons. The molecule has 0 saturated carbocycles. The van der Waals surface area contributed by atoms with Crippen LogP contribution in [0.1, 0.15) is 11.7 Å². The first kappa shape index (κ1) is 13.5. The molecule has 0 unspecified atom stereocenters. The van der Waals surface area contributed by atoms with Crippen LogP contribution in [-0.4, -0.2) is 56.1 Å². The van der Waals surface area contributed by atoms with Gasteiger partial charge in [0.25, 0.3) is 0 Å². The van der Waals surface area contributed by atoms with E-state index in [-0.39, 0.29) is 6.04 Å². The van der Waals surface area contributed by atoms with Crippen LogP contribution < -0.4 is 0 Å². The van der Waals surface area contributed by atoms with Crippen LogP contribution >= 0.6 is 0 Å². The fraction of sp³-hybridized carbons (Fsp3) is 0.571. The predicted molar refractivity (Wildman–Crippen MR) is 69.5 cm³/mol. The Morgan fingerprint density at radius 1 is 1.28 bits per heavy atom. The van der Waals surface area contributed by atoms with Crippen LogP contribution in [0.15, 0.2) is 30.3 Å². The van der Waals surface area contributed by atoms with E-state index < -0.39 is 6.10 Å². The molecule has 1 heterocycles. The Balaban J connectivity index is 2.08. The molecule has 4 heteroatoms. The van der Waals surface area contributed by atoms with Gasteiger partial charge in [-0.1, -0.05) is 30.3 Å². The second-order valence-electron chi connectivity index (χ2n) is 4.53. The molecule has 0 spiro atoms. The van der Waals surface area contributed by atoms with Crippen LogP contribution in [0, 0.1) is 0 Å². The van der Waals surface area contributed by atoms with E-state index >= 15 is 0 Å². The van der Waals surface area contributed by atoms with Crippen LogP contribution in [0.25, 0.3) is 0 Å². The highest BCUT2D eigenvalue weighted by atomic mass is 16.5. The van der Waals surface area contributed by atoms with Gasteiger partial charge in [-0.15, -0.1) is 0 Å². The predicted octanol–water partition coefficient (Wildman–Crippen LogP) is 1.07. The second-order valence-corrected chi connectivity index (χ2v) is 4.53. The average molecular weight is 251 g/mol. The van der Waals surface area contributed by atoms with Gasteiger partial charge in [0.1, 0.15) is 0 Å². The summed E-state index contributed by atoms with van der Waals surface area (Å²) in [5.74, 6) is 0. The maximum atomic E-state index is 10.5. The van der Waals surface area contributed by atoms with Crippen molar-refractivity contribution in [3.63, 3.8) is 0 Å². The molecule has 2 atom stereocenters. The van der Waals surface area contributed by atoms with E-state index in [1.54, 1.807) is 7.11 Å². The zero-order valence-corrected chi connectivity index (χ0v) is 10.8. The number of benzene rings is 1. The van der Waals surface area contributed by atoms with Crippen LogP contribution in [0.4, 0.5) is 0 Å². The third-order valence-corrected chi connectivity index (χ3v) is 3.36. The average Bonchev–Trinajstić information content (AvgIpc) is 2.46. The summed E-state index contributed by atoms with van der Waals surface area (Å²) < 4.78 is 10.6. The minimum absolute atomic E-state index is 0.0127. The lowest BCUT2D eigenvalue weighted by atomic mass is 10.0. The van der Waals surface area contributed by atoms with E-state index in [1.807, 2.05) is 30.3 Å². The number of ether oxygens (including phenoxy) is 2. The fourth-order valence-corrected chi connectivity index (χ4v) is 2.35. The van der Waals surface area contributed by atoms with E-state index in [4.69, 9.17) is 9.47 Å². The first-order valence-corrected chi connectivity index (χ1v) is 6.36. The van der Waals surface area contributed by atoms with Crippen molar-refractivity contribution in [3.8, 4) is 0 Å². The number of aliphatic hydroxyl groups is 1. The highest BCUT2D eigenvalue weighted by Gasteiger charge is 2.28. The van der Waals surface area contributed by atoms with Gasteiger partial charge < -0.3 is 14.6 Å². The molecule has 1 aliphatic rings. The molecule has 1 aromatic carbocycles. The molecule has 0 aromatic heterocycles. The Morgan fingerprint density at radius 2 is 1.94 bits per heavy atom. The molecule has 18 heavy (non-hydrogen) atoms. The highest BCUT2D eigenvalue weighted by Crippen LogP contribution is 2.22. The third kappa shape index (κ3) is 3.29.